The van der Waals surface area contributed by atoms with E-state index in [9.17, 15) is 13.4 Å². The number of nitriles is 1. The van der Waals surface area contributed by atoms with E-state index >= 15 is 0 Å². The number of carbonyl (C=O) groups is 1. The highest BCUT2D eigenvalue weighted by molar-refractivity contribution is 7.90. The fraction of sp³-hybridized carbons (Fsp3) is 0.389. The summed E-state index contributed by atoms with van der Waals surface area (Å²) in [5.74, 6) is -1.02. The number of nitrogens with one attached hydrogen (secondary N) is 3. The van der Waals surface area contributed by atoms with E-state index in [1.165, 1.54) is 16.8 Å². The van der Waals surface area contributed by atoms with Crippen molar-refractivity contribution in [3.8, 4) is 6.07 Å². The van der Waals surface area contributed by atoms with Gasteiger partial charge in [0.2, 0.25) is 0 Å². The van der Waals surface area contributed by atoms with Gasteiger partial charge in [-0.15, -0.1) is 0 Å². The van der Waals surface area contributed by atoms with E-state index in [1.54, 1.807) is 13.1 Å². The lowest BCUT2D eigenvalue weighted by atomic mass is 9.97. The predicted octanol–water partition coefficient (Wildman–Crippen LogP) is 2.56. The Morgan fingerprint density at radius 2 is 2.25 bits per heavy atom. The summed E-state index contributed by atoms with van der Waals surface area (Å²) in [6.07, 6.45) is 1.06. The average molecular weight is 404 g/mol. The standard InChI is InChI=1S/C18H21FN6O2S/c1-10(2)15-7-5-13-16(25(3)23-18(13)28(21,27)24-15)17(26)22-12-4-6-14(19)11(8-12)9-20/h4,6,8,10,15H,5,7H2,1-3H3,(H,22,26)(H2,21,24,27)/t15-,28?/m1/s1. The van der Waals surface area contributed by atoms with Crippen LogP contribution in [-0.2, 0) is 23.4 Å². The molecular weight excluding hydrogens is 383 g/mol. The average Bonchev–Trinajstić information content (AvgIpc) is 2.90. The largest absolute Gasteiger partial charge is 0.321 e. The lowest BCUT2D eigenvalue weighted by Gasteiger charge is -2.20. The highest BCUT2D eigenvalue weighted by Gasteiger charge is 2.33. The van der Waals surface area contributed by atoms with Crippen LogP contribution in [-0.4, -0.2) is 25.9 Å². The van der Waals surface area contributed by atoms with Gasteiger partial charge in [0.25, 0.3) is 5.91 Å². The third-order valence-corrected chi connectivity index (χ3v) is 6.28. The van der Waals surface area contributed by atoms with Crippen molar-refractivity contribution in [2.45, 2.75) is 37.8 Å². The van der Waals surface area contributed by atoms with Gasteiger partial charge in [-0.3, -0.25) is 9.48 Å². The smallest absolute Gasteiger partial charge is 0.274 e. The number of anilines is 1. The maximum atomic E-state index is 13.5. The Morgan fingerprint density at radius 3 is 2.89 bits per heavy atom. The summed E-state index contributed by atoms with van der Waals surface area (Å²) in [4.78, 5) is 12.9. The number of hydrogen-bond acceptors (Lipinski definition) is 5. The van der Waals surface area contributed by atoms with Crippen molar-refractivity contribution in [2.75, 3.05) is 5.32 Å². The number of nitrogens with zero attached hydrogens (tertiary/aromatic N) is 3. The molecule has 3 rings (SSSR count). The summed E-state index contributed by atoms with van der Waals surface area (Å²) in [6, 6.07) is 5.29. The van der Waals surface area contributed by atoms with Crippen molar-refractivity contribution in [2.24, 2.45) is 13.0 Å². The summed E-state index contributed by atoms with van der Waals surface area (Å²) in [6.45, 7) is 3.96. The lowest BCUT2D eigenvalue weighted by molar-refractivity contribution is 0.101. The van der Waals surface area contributed by atoms with Gasteiger partial charge in [0.1, 0.15) is 17.6 Å². The molecule has 8 nitrogen and oxygen atoms in total. The third-order valence-electron chi connectivity index (χ3n) is 4.77. The van der Waals surface area contributed by atoms with E-state index in [0.717, 1.165) is 6.07 Å². The van der Waals surface area contributed by atoms with Gasteiger partial charge < -0.3 is 5.32 Å². The van der Waals surface area contributed by atoms with Crippen molar-refractivity contribution in [3.63, 3.8) is 0 Å². The van der Waals surface area contributed by atoms with Gasteiger partial charge in [-0.1, -0.05) is 13.8 Å². The van der Waals surface area contributed by atoms with E-state index in [1.807, 2.05) is 13.8 Å². The normalized spacial score (nSPS) is 21.6. The van der Waals surface area contributed by atoms with E-state index in [-0.39, 0.29) is 33.9 Å². The summed E-state index contributed by atoms with van der Waals surface area (Å²) in [5, 5.41) is 15.8. The van der Waals surface area contributed by atoms with Crippen LogP contribution in [0.15, 0.2) is 23.2 Å². The van der Waals surface area contributed by atoms with E-state index in [0.29, 0.717) is 18.4 Å². The molecule has 1 aromatic carbocycles. The van der Waals surface area contributed by atoms with Gasteiger partial charge in [-0.25, -0.2) is 18.1 Å². The van der Waals surface area contributed by atoms with Crippen LogP contribution in [0.25, 0.3) is 0 Å². The SMILES string of the molecule is CC(C)[C@H]1CCc2c(nn(C)c2C(=O)Nc2ccc(F)c(C#N)c2)S(=N)(=O)N1. The number of rotatable bonds is 3. The first kappa shape index (κ1) is 20.0. The molecule has 0 radical (unpaired) electrons. The van der Waals surface area contributed by atoms with Gasteiger partial charge in [0.05, 0.1) is 5.56 Å². The van der Waals surface area contributed by atoms with Crippen molar-refractivity contribution in [1.82, 2.24) is 14.5 Å². The fourth-order valence-electron chi connectivity index (χ4n) is 3.26. The molecule has 0 spiro atoms. The molecule has 10 heteroatoms. The highest BCUT2D eigenvalue weighted by Crippen LogP contribution is 2.28. The topological polar surface area (TPSA) is 124 Å². The molecule has 2 atom stereocenters. The van der Waals surface area contributed by atoms with Crippen LogP contribution in [0.3, 0.4) is 0 Å². The number of halogens is 1. The number of aromatic nitrogens is 2. The Morgan fingerprint density at radius 1 is 1.54 bits per heavy atom. The molecule has 1 aromatic heterocycles. The van der Waals surface area contributed by atoms with Crippen molar-refractivity contribution in [3.05, 3.63) is 40.8 Å². The maximum absolute atomic E-state index is 13.5. The first-order valence-electron chi connectivity index (χ1n) is 8.77. The van der Waals surface area contributed by atoms with Crippen LogP contribution in [0.2, 0.25) is 0 Å². The molecule has 2 heterocycles. The summed E-state index contributed by atoms with van der Waals surface area (Å²) < 4.78 is 38.8. The molecular formula is C18H21FN6O2S. The predicted molar refractivity (Wildman–Crippen MR) is 101 cm³/mol. The van der Waals surface area contributed by atoms with Gasteiger partial charge >= 0.3 is 0 Å². The van der Waals surface area contributed by atoms with Crippen molar-refractivity contribution < 1.29 is 13.4 Å². The molecule has 0 aliphatic carbocycles. The molecule has 28 heavy (non-hydrogen) atoms. The zero-order valence-corrected chi connectivity index (χ0v) is 16.6. The van der Waals surface area contributed by atoms with E-state index in [4.69, 9.17) is 10.0 Å². The van der Waals surface area contributed by atoms with Crippen LogP contribution in [0.5, 0.6) is 0 Å². The molecule has 148 valence electrons. The quantitative estimate of drug-likeness (QED) is 0.727. The third kappa shape index (κ3) is 3.63. The second kappa shape index (κ2) is 7.33. The van der Waals surface area contributed by atoms with Crippen LogP contribution in [0.4, 0.5) is 10.1 Å². The van der Waals surface area contributed by atoms with Crippen LogP contribution in [0.1, 0.15) is 41.9 Å². The second-order valence-electron chi connectivity index (χ2n) is 7.08. The summed E-state index contributed by atoms with van der Waals surface area (Å²) in [7, 11) is -1.81. The Balaban J connectivity index is 1.98. The maximum Gasteiger partial charge on any atom is 0.274 e. The fourth-order valence-corrected chi connectivity index (χ4v) is 4.97. The van der Waals surface area contributed by atoms with Crippen molar-refractivity contribution in [1.29, 1.82) is 10.0 Å². The number of aryl methyl sites for hydroxylation is 1. The van der Waals surface area contributed by atoms with E-state index < -0.39 is 21.6 Å². The number of hydrogen-bond donors (Lipinski definition) is 3. The molecule has 1 aliphatic heterocycles. The van der Waals surface area contributed by atoms with Crippen LogP contribution < -0.4 is 10.0 Å². The molecule has 2 aromatic rings. The van der Waals surface area contributed by atoms with Gasteiger partial charge in [-0.2, -0.15) is 10.4 Å². The number of fused-ring (bicyclic) bond motifs is 1. The molecule has 0 saturated carbocycles. The number of amides is 1. The molecule has 1 aliphatic rings. The monoisotopic (exact) mass is 404 g/mol. The second-order valence-corrected chi connectivity index (χ2v) is 8.81. The molecule has 1 unspecified atom stereocenters. The molecule has 3 N–H and O–H groups in total. The highest BCUT2D eigenvalue weighted by atomic mass is 32.2. The van der Waals surface area contributed by atoms with Gasteiger partial charge in [0, 0.05) is 24.3 Å². The Hall–Kier alpha value is -2.77. The van der Waals surface area contributed by atoms with E-state index in [2.05, 4.69) is 15.1 Å². The summed E-state index contributed by atoms with van der Waals surface area (Å²) in [5.41, 5.74) is 0.749. The number of benzene rings is 1. The molecule has 0 fully saturated rings. The molecule has 1 amide bonds. The van der Waals surface area contributed by atoms with Gasteiger partial charge in [0.15, 0.2) is 14.9 Å². The van der Waals surface area contributed by atoms with Crippen molar-refractivity contribution >= 4 is 21.5 Å². The first-order valence-corrected chi connectivity index (χ1v) is 10.3. The number of carbonyl (C=O) groups excluding carboxylic acids is 1. The zero-order valence-electron chi connectivity index (χ0n) is 15.7. The molecule has 0 saturated heterocycles. The minimum atomic E-state index is -3.35. The minimum Gasteiger partial charge on any atom is -0.321 e. The Bertz CT molecular complexity index is 1080. The molecule has 0 bridgehead atoms. The zero-order chi connectivity index (χ0) is 20.6. The Kier molecular flexibility index (Phi) is 5.23. The Labute approximate surface area is 162 Å². The lowest BCUT2D eigenvalue weighted by Crippen LogP contribution is -2.36. The van der Waals surface area contributed by atoms with Crippen LogP contribution >= 0.6 is 0 Å². The van der Waals surface area contributed by atoms with Crippen LogP contribution in [0, 0.1) is 27.8 Å². The minimum absolute atomic E-state index is 0.0696. The first-order chi connectivity index (χ1) is 13.1. The van der Waals surface area contributed by atoms with Gasteiger partial charge in [-0.05, 0) is 37.0 Å². The summed E-state index contributed by atoms with van der Waals surface area (Å²) >= 11 is 0.